The fourth-order valence-electron chi connectivity index (χ4n) is 4.64. The maximum atomic E-state index is 7.31. The van der Waals surface area contributed by atoms with Crippen LogP contribution in [0.5, 0.6) is 0 Å². The molecule has 2 nitrogen and oxygen atoms in total. The van der Waals surface area contributed by atoms with Crippen molar-refractivity contribution in [3.8, 4) is 0 Å². The van der Waals surface area contributed by atoms with E-state index in [1.807, 2.05) is 14.2 Å². The molecule has 0 N–H and O–H groups in total. The van der Waals surface area contributed by atoms with Crippen molar-refractivity contribution in [1.29, 1.82) is 0 Å². The van der Waals surface area contributed by atoms with Gasteiger partial charge in [-0.2, -0.15) is 0 Å². The van der Waals surface area contributed by atoms with E-state index in [0.29, 0.717) is 0 Å². The average Bonchev–Trinajstić information content (AvgIpc) is 2.79. The average molecular weight is 408 g/mol. The third-order valence-electron chi connectivity index (χ3n) is 5.74. The van der Waals surface area contributed by atoms with E-state index >= 15 is 0 Å². The fourth-order valence-corrected chi connectivity index (χ4v) is 15.7. The molecule has 1 aliphatic rings. The van der Waals surface area contributed by atoms with Crippen LogP contribution in [0.4, 0.5) is 0 Å². The van der Waals surface area contributed by atoms with Gasteiger partial charge in [0, 0.05) is 0 Å². The SMILES string of the molecule is CCC[CH2][Ge]([Cl])([CH2]CCC)[CH2]C1CC(COC)(COC)CC1C. The fraction of sp³-hybridized carbons (Fsp3) is 1.00. The van der Waals surface area contributed by atoms with Crippen LogP contribution in [0.1, 0.15) is 59.3 Å². The van der Waals surface area contributed by atoms with Gasteiger partial charge in [-0.25, -0.2) is 0 Å². The number of methoxy groups -OCH3 is 2. The molecule has 1 aliphatic carbocycles. The van der Waals surface area contributed by atoms with Crippen molar-refractivity contribution in [3.05, 3.63) is 0 Å². The Morgan fingerprint density at radius 3 is 1.96 bits per heavy atom. The number of halogens is 1. The standard InChI is InChI=1S/C19H39ClGeO2/c1-6-8-10-21(20,11-9-7-2)14-18-13-19(15-22-4,16-23-5)12-17(18)3/h17-18H,6-16H2,1-5H3. The molecule has 2 atom stereocenters. The molecule has 0 aromatic heterocycles. The van der Waals surface area contributed by atoms with Crippen LogP contribution >= 0.6 is 10.0 Å². The number of hydrogen-bond acceptors (Lipinski definition) is 2. The Balaban J connectivity index is 2.74. The van der Waals surface area contributed by atoms with Gasteiger partial charge in [0.05, 0.1) is 0 Å². The van der Waals surface area contributed by atoms with Crippen molar-refractivity contribution in [2.24, 2.45) is 17.3 Å². The van der Waals surface area contributed by atoms with Gasteiger partial charge in [0.15, 0.2) is 0 Å². The van der Waals surface area contributed by atoms with Gasteiger partial charge < -0.3 is 0 Å². The summed E-state index contributed by atoms with van der Waals surface area (Å²) in [5.41, 5.74) is 0.225. The normalized spacial score (nSPS) is 24.3. The predicted octanol–water partition coefficient (Wildman–Crippen LogP) is 6.10. The molecule has 0 aromatic carbocycles. The third kappa shape index (κ3) is 6.88. The summed E-state index contributed by atoms with van der Waals surface area (Å²) >= 11 is -2.18. The first-order valence-electron chi connectivity index (χ1n) is 9.61. The molecule has 0 spiro atoms. The van der Waals surface area contributed by atoms with Gasteiger partial charge >= 0.3 is 152 Å². The van der Waals surface area contributed by atoms with E-state index in [9.17, 15) is 0 Å². The van der Waals surface area contributed by atoms with Crippen molar-refractivity contribution in [2.45, 2.75) is 75.1 Å². The Hall–Kier alpha value is 0.753. The Bertz CT molecular complexity index is 310. The molecular formula is C19H39ClGeO2. The number of rotatable bonds is 12. The van der Waals surface area contributed by atoms with E-state index in [0.717, 1.165) is 25.0 Å². The third-order valence-corrected chi connectivity index (χ3v) is 16.4. The summed E-state index contributed by atoms with van der Waals surface area (Å²) in [5.74, 6) is 1.54. The van der Waals surface area contributed by atoms with Gasteiger partial charge in [-0.1, -0.05) is 0 Å². The van der Waals surface area contributed by atoms with Crippen LogP contribution in [-0.2, 0) is 9.47 Å². The van der Waals surface area contributed by atoms with Gasteiger partial charge in [0.25, 0.3) is 0 Å². The zero-order valence-corrected chi connectivity index (χ0v) is 19.0. The van der Waals surface area contributed by atoms with E-state index in [4.69, 9.17) is 19.5 Å². The van der Waals surface area contributed by atoms with Crippen molar-refractivity contribution in [2.75, 3.05) is 27.4 Å². The van der Waals surface area contributed by atoms with Crippen LogP contribution in [0, 0.1) is 17.3 Å². The first kappa shape index (κ1) is 21.8. The van der Waals surface area contributed by atoms with Gasteiger partial charge in [0.2, 0.25) is 0 Å². The molecule has 23 heavy (non-hydrogen) atoms. The zero-order chi connectivity index (χ0) is 17.3. The van der Waals surface area contributed by atoms with Crippen LogP contribution < -0.4 is 0 Å². The monoisotopic (exact) mass is 408 g/mol. The molecule has 4 heteroatoms. The van der Waals surface area contributed by atoms with E-state index in [1.165, 1.54) is 54.3 Å². The zero-order valence-electron chi connectivity index (χ0n) is 16.1. The van der Waals surface area contributed by atoms with Crippen LogP contribution in [0.15, 0.2) is 0 Å². The van der Waals surface area contributed by atoms with Gasteiger partial charge in [-0.3, -0.25) is 0 Å². The molecule has 2 unspecified atom stereocenters. The van der Waals surface area contributed by atoms with Gasteiger partial charge in [-0.05, 0) is 0 Å². The van der Waals surface area contributed by atoms with E-state index in [2.05, 4.69) is 20.8 Å². The summed E-state index contributed by atoms with van der Waals surface area (Å²) in [6.45, 7) is 8.66. The molecule has 0 saturated heterocycles. The van der Waals surface area contributed by atoms with E-state index < -0.39 is 12.3 Å². The van der Waals surface area contributed by atoms with Crippen LogP contribution in [0.25, 0.3) is 0 Å². The molecule has 0 radical (unpaired) electrons. The molecule has 0 aromatic rings. The number of unbranched alkanes of at least 4 members (excludes halogenated alkanes) is 2. The van der Waals surface area contributed by atoms with Crippen LogP contribution in [0.3, 0.4) is 0 Å². The Morgan fingerprint density at radius 1 is 1.00 bits per heavy atom. The first-order valence-corrected chi connectivity index (χ1v) is 16.8. The summed E-state index contributed by atoms with van der Waals surface area (Å²) in [4.78, 5) is 0. The molecule has 1 rings (SSSR count). The summed E-state index contributed by atoms with van der Waals surface area (Å²) in [5, 5.41) is 4.05. The van der Waals surface area contributed by atoms with Crippen molar-refractivity contribution < 1.29 is 9.47 Å². The molecule has 0 bridgehead atoms. The second kappa shape index (κ2) is 10.7. The molecule has 1 fully saturated rings. The van der Waals surface area contributed by atoms with Crippen LogP contribution in [-0.4, -0.2) is 39.8 Å². The Labute approximate surface area is 151 Å². The summed E-state index contributed by atoms with van der Waals surface area (Å²) in [6.07, 6.45) is 7.70. The molecule has 0 aliphatic heterocycles. The molecule has 0 amide bonds. The maximum absolute atomic E-state index is 7.31. The second-order valence-electron chi connectivity index (χ2n) is 8.07. The topological polar surface area (TPSA) is 18.5 Å². The molecular weight excluding hydrogens is 368 g/mol. The molecule has 0 heterocycles. The van der Waals surface area contributed by atoms with E-state index in [-0.39, 0.29) is 5.41 Å². The molecule has 138 valence electrons. The quantitative estimate of drug-likeness (QED) is 0.364. The van der Waals surface area contributed by atoms with Gasteiger partial charge in [-0.15, -0.1) is 0 Å². The summed E-state index contributed by atoms with van der Waals surface area (Å²) < 4.78 is 11.1. The van der Waals surface area contributed by atoms with Gasteiger partial charge in [0.1, 0.15) is 0 Å². The van der Waals surface area contributed by atoms with Crippen molar-refractivity contribution in [1.82, 2.24) is 0 Å². The Morgan fingerprint density at radius 2 is 1.52 bits per heavy atom. The van der Waals surface area contributed by atoms with Crippen molar-refractivity contribution in [3.63, 3.8) is 0 Å². The number of hydrogen-bond donors (Lipinski definition) is 0. The second-order valence-corrected chi connectivity index (χ2v) is 20.0. The summed E-state index contributed by atoms with van der Waals surface area (Å²) in [6, 6.07) is 0. The first-order chi connectivity index (χ1) is 10.9. The number of ether oxygens (including phenoxy) is 2. The summed E-state index contributed by atoms with van der Waals surface area (Å²) in [7, 11) is 11.0. The Kier molecular flexibility index (Phi) is 10.1. The molecule has 1 saturated carbocycles. The predicted molar refractivity (Wildman–Crippen MR) is 104 cm³/mol. The van der Waals surface area contributed by atoms with Crippen LogP contribution in [0.2, 0.25) is 15.8 Å². The van der Waals surface area contributed by atoms with Crippen molar-refractivity contribution >= 4 is 22.3 Å². The van der Waals surface area contributed by atoms with E-state index in [1.54, 1.807) is 0 Å². The minimum absolute atomic E-state index is 0.225. The minimum atomic E-state index is -2.18.